The Bertz CT molecular complexity index is 666. The number of likely N-dealkylation sites (N-methyl/N-ethyl adjacent to an activating group) is 1. The number of amides is 2. The summed E-state index contributed by atoms with van der Waals surface area (Å²) < 4.78 is 0. The lowest BCUT2D eigenvalue weighted by Gasteiger charge is -2.13. The summed E-state index contributed by atoms with van der Waals surface area (Å²) >= 11 is 12.0. The molecule has 1 aromatic carbocycles. The molecule has 0 radical (unpaired) electrons. The molecule has 0 aliphatic rings. The molecule has 1 aromatic heterocycles. The van der Waals surface area contributed by atoms with Gasteiger partial charge in [0.15, 0.2) is 0 Å². The number of carbonyl (C=O) groups is 2. The maximum atomic E-state index is 12.1. The highest BCUT2D eigenvalue weighted by Gasteiger charge is 2.17. The molecule has 0 unspecified atom stereocenters. The summed E-state index contributed by atoms with van der Waals surface area (Å²) in [5.41, 5.74) is 6.07. The van der Waals surface area contributed by atoms with E-state index in [0.29, 0.717) is 26.6 Å². The van der Waals surface area contributed by atoms with Crippen molar-refractivity contribution in [3.63, 3.8) is 0 Å². The van der Waals surface area contributed by atoms with Gasteiger partial charge in [0, 0.05) is 18.0 Å². The van der Waals surface area contributed by atoms with Gasteiger partial charge in [0.05, 0.1) is 16.6 Å². The molecule has 0 spiro atoms. The van der Waals surface area contributed by atoms with Gasteiger partial charge in [0.1, 0.15) is 5.69 Å². The minimum Gasteiger partial charge on any atom is -0.368 e. The van der Waals surface area contributed by atoms with Crippen LogP contribution >= 0.6 is 23.2 Å². The summed E-state index contributed by atoms with van der Waals surface area (Å²) in [6.45, 7) is -0.150. The van der Waals surface area contributed by atoms with Crippen LogP contribution in [0.15, 0.2) is 18.2 Å². The van der Waals surface area contributed by atoms with E-state index in [1.807, 2.05) is 0 Å². The van der Waals surface area contributed by atoms with Crippen molar-refractivity contribution in [3.8, 4) is 0 Å². The molecular formula is C12H11Cl2N3O2. The van der Waals surface area contributed by atoms with Crippen LogP contribution in [0.1, 0.15) is 10.5 Å². The van der Waals surface area contributed by atoms with Crippen molar-refractivity contribution in [2.45, 2.75) is 0 Å². The lowest BCUT2D eigenvalue weighted by molar-refractivity contribution is -0.118. The van der Waals surface area contributed by atoms with E-state index in [1.54, 1.807) is 18.2 Å². The summed E-state index contributed by atoms with van der Waals surface area (Å²) in [4.78, 5) is 27.0. The molecule has 0 aliphatic carbocycles. The number of carbonyl (C=O) groups excluding carboxylic acids is 2. The number of benzene rings is 1. The van der Waals surface area contributed by atoms with E-state index in [1.165, 1.54) is 11.9 Å². The maximum Gasteiger partial charge on any atom is 0.270 e. The van der Waals surface area contributed by atoms with Crippen molar-refractivity contribution in [2.75, 3.05) is 13.6 Å². The molecule has 100 valence electrons. The molecule has 7 heteroatoms. The molecule has 19 heavy (non-hydrogen) atoms. The predicted molar refractivity (Wildman–Crippen MR) is 74.5 cm³/mol. The smallest absolute Gasteiger partial charge is 0.270 e. The zero-order valence-electron chi connectivity index (χ0n) is 10.0. The Balaban J connectivity index is 2.39. The number of nitrogens with two attached hydrogens (primary N) is 1. The van der Waals surface area contributed by atoms with Crippen LogP contribution in [-0.2, 0) is 4.79 Å². The molecule has 2 aromatic rings. The summed E-state index contributed by atoms with van der Waals surface area (Å²) in [5, 5.41) is 1.45. The molecule has 1 heterocycles. The average molecular weight is 300 g/mol. The van der Waals surface area contributed by atoms with Gasteiger partial charge in [-0.15, -0.1) is 0 Å². The van der Waals surface area contributed by atoms with Gasteiger partial charge in [-0.1, -0.05) is 23.2 Å². The second kappa shape index (κ2) is 5.11. The number of primary amides is 1. The van der Waals surface area contributed by atoms with Gasteiger partial charge in [-0.05, 0) is 18.2 Å². The van der Waals surface area contributed by atoms with Crippen LogP contribution < -0.4 is 5.73 Å². The lowest BCUT2D eigenvalue weighted by atomic mass is 10.2. The number of hydrogen-bond donors (Lipinski definition) is 2. The Morgan fingerprint density at radius 2 is 2.05 bits per heavy atom. The van der Waals surface area contributed by atoms with Crippen molar-refractivity contribution >= 4 is 45.9 Å². The van der Waals surface area contributed by atoms with E-state index >= 15 is 0 Å². The number of halogens is 2. The molecule has 3 N–H and O–H groups in total. The fourth-order valence-corrected chi connectivity index (χ4v) is 2.15. The Kier molecular flexibility index (Phi) is 3.68. The standard InChI is InChI=1S/C12H11Cl2N3O2/c1-17(5-10(15)18)12(19)9-4-6-8(16-9)3-2-7(13)11(6)14/h2-4,16H,5H2,1H3,(H2,15,18). The maximum absolute atomic E-state index is 12.1. The van der Waals surface area contributed by atoms with Crippen LogP contribution in [0.2, 0.25) is 10.0 Å². The summed E-state index contributed by atoms with van der Waals surface area (Å²) in [6.07, 6.45) is 0. The molecule has 0 atom stereocenters. The van der Waals surface area contributed by atoms with Crippen LogP contribution in [-0.4, -0.2) is 35.3 Å². The highest BCUT2D eigenvalue weighted by Crippen LogP contribution is 2.31. The van der Waals surface area contributed by atoms with Crippen LogP contribution in [0.5, 0.6) is 0 Å². The average Bonchev–Trinajstić information content (AvgIpc) is 2.76. The zero-order chi connectivity index (χ0) is 14.2. The minimum absolute atomic E-state index is 0.150. The van der Waals surface area contributed by atoms with Gasteiger partial charge in [-0.25, -0.2) is 0 Å². The summed E-state index contributed by atoms with van der Waals surface area (Å²) in [7, 11) is 1.49. The number of nitrogens with zero attached hydrogens (tertiary/aromatic N) is 1. The van der Waals surface area contributed by atoms with Gasteiger partial charge in [-0.2, -0.15) is 0 Å². The third kappa shape index (κ3) is 2.67. The molecule has 0 saturated carbocycles. The molecule has 0 fully saturated rings. The van der Waals surface area contributed by atoms with Gasteiger partial charge in [0.2, 0.25) is 5.91 Å². The number of hydrogen-bond acceptors (Lipinski definition) is 2. The SMILES string of the molecule is CN(CC(N)=O)C(=O)c1cc2c(Cl)c(Cl)ccc2[nH]1. The highest BCUT2D eigenvalue weighted by molar-refractivity contribution is 6.45. The largest absolute Gasteiger partial charge is 0.368 e. The molecule has 0 bridgehead atoms. The van der Waals surface area contributed by atoms with Gasteiger partial charge < -0.3 is 15.6 Å². The number of rotatable bonds is 3. The van der Waals surface area contributed by atoms with E-state index in [0.717, 1.165) is 0 Å². The molecule has 5 nitrogen and oxygen atoms in total. The lowest BCUT2D eigenvalue weighted by Crippen LogP contribution is -2.35. The number of aromatic amines is 1. The molecular weight excluding hydrogens is 289 g/mol. The molecule has 2 amide bonds. The van der Waals surface area contributed by atoms with Crippen molar-refractivity contribution in [1.82, 2.24) is 9.88 Å². The first kappa shape index (κ1) is 13.7. The third-order valence-corrected chi connectivity index (χ3v) is 3.48. The fraction of sp³-hybridized carbons (Fsp3) is 0.167. The number of fused-ring (bicyclic) bond motifs is 1. The first-order valence-corrected chi connectivity index (χ1v) is 6.16. The Hall–Kier alpha value is -1.72. The van der Waals surface area contributed by atoms with Gasteiger partial charge in [-0.3, -0.25) is 9.59 Å². The van der Waals surface area contributed by atoms with Crippen molar-refractivity contribution < 1.29 is 9.59 Å². The highest BCUT2D eigenvalue weighted by atomic mass is 35.5. The number of H-pyrrole nitrogens is 1. The summed E-state index contributed by atoms with van der Waals surface area (Å²) in [5.74, 6) is -0.921. The molecule has 2 rings (SSSR count). The van der Waals surface area contributed by atoms with Crippen LogP contribution in [0.25, 0.3) is 10.9 Å². The Morgan fingerprint density at radius 3 is 2.68 bits per heavy atom. The topological polar surface area (TPSA) is 79.2 Å². The quantitative estimate of drug-likeness (QED) is 0.909. The van der Waals surface area contributed by atoms with Crippen molar-refractivity contribution in [3.05, 3.63) is 33.9 Å². The van der Waals surface area contributed by atoms with E-state index in [4.69, 9.17) is 28.9 Å². The second-order valence-corrected chi connectivity index (χ2v) is 4.92. The van der Waals surface area contributed by atoms with Crippen LogP contribution in [0.4, 0.5) is 0 Å². The van der Waals surface area contributed by atoms with Gasteiger partial charge in [0.25, 0.3) is 5.91 Å². The first-order valence-electron chi connectivity index (χ1n) is 5.40. The van der Waals surface area contributed by atoms with Gasteiger partial charge >= 0.3 is 0 Å². The normalized spacial score (nSPS) is 10.7. The van der Waals surface area contributed by atoms with E-state index in [2.05, 4.69) is 4.98 Å². The minimum atomic E-state index is -0.576. The van der Waals surface area contributed by atoms with Crippen molar-refractivity contribution in [2.24, 2.45) is 5.73 Å². The number of nitrogens with one attached hydrogen (secondary N) is 1. The predicted octanol–water partition coefficient (Wildman–Crippen LogP) is 2.03. The van der Waals surface area contributed by atoms with Crippen LogP contribution in [0.3, 0.4) is 0 Å². The van der Waals surface area contributed by atoms with Crippen molar-refractivity contribution in [1.29, 1.82) is 0 Å². The third-order valence-electron chi connectivity index (χ3n) is 2.66. The first-order chi connectivity index (χ1) is 8.90. The second-order valence-electron chi connectivity index (χ2n) is 4.13. The number of aromatic nitrogens is 1. The van der Waals surface area contributed by atoms with E-state index in [9.17, 15) is 9.59 Å². The molecule has 0 saturated heterocycles. The monoisotopic (exact) mass is 299 g/mol. The van der Waals surface area contributed by atoms with E-state index < -0.39 is 5.91 Å². The van der Waals surface area contributed by atoms with E-state index in [-0.39, 0.29) is 12.5 Å². The zero-order valence-corrected chi connectivity index (χ0v) is 11.5. The Labute approximate surface area is 119 Å². The summed E-state index contributed by atoms with van der Waals surface area (Å²) in [6, 6.07) is 4.97. The van der Waals surface area contributed by atoms with Crippen LogP contribution in [0, 0.1) is 0 Å². The molecule has 0 aliphatic heterocycles. The Morgan fingerprint density at radius 1 is 1.37 bits per heavy atom. The fourth-order valence-electron chi connectivity index (χ4n) is 1.77.